The van der Waals surface area contributed by atoms with E-state index >= 15 is 0 Å². The van der Waals surface area contributed by atoms with Crippen LogP contribution in [-0.2, 0) is 5.41 Å². The molecule has 0 nitrogen and oxygen atoms in total. The van der Waals surface area contributed by atoms with Gasteiger partial charge in [0, 0.05) is 0 Å². The Hall–Kier alpha value is -0.920. The molecule has 13 heavy (non-hydrogen) atoms. The van der Waals surface area contributed by atoms with Crippen LogP contribution in [-0.4, -0.2) is 0 Å². The molecule has 0 radical (unpaired) electrons. The highest BCUT2D eigenvalue weighted by molar-refractivity contribution is 5.33. The molecule has 1 rings (SSSR count). The first-order chi connectivity index (χ1) is 5.84. The zero-order valence-corrected chi connectivity index (χ0v) is 8.41. The van der Waals surface area contributed by atoms with Crippen LogP contribution in [0.15, 0.2) is 12.1 Å². The van der Waals surface area contributed by atoms with Gasteiger partial charge in [0.05, 0.1) is 0 Å². The fourth-order valence-corrected chi connectivity index (χ4v) is 1.46. The van der Waals surface area contributed by atoms with Gasteiger partial charge in [-0.15, -0.1) is 0 Å². The molecular weight excluding hydrogens is 170 g/mol. The van der Waals surface area contributed by atoms with Gasteiger partial charge in [-0.05, 0) is 29.5 Å². The molecule has 0 N–H and O–H groups in total. The van der Waals surface area contributed by atoms with Crippen LogP contribution in [0.3, 0.4) is 0 Å². The lowest BCUT2D eigenvalue weighted by molar-refractivity contribution is 0.491. The molecule has 0 saturated heterocycles. The Morgan fingerprint density at radius 1 is 1.08 bits per heavy atom. The van der Waals surface area contributed by atoms with Crippen LogP contribution < -0.4 is 0 Å². The molecule has 0 saturated carbocycles. The van der Waals surface area contributed by atoms with Crippen molar-refractivity contribution in [3.63, 3.8) is 0 Å². The third-order valence-corrected chi connectivity index (χ3v) is 2.15. The fourth-order valence-electron chi connectivity index (χ4n) is 1.46. The van der Waals surface area contributed by atoms with Crippen molar-refractivity contribution in [3.8, 4) is 0 Å². The number of hydrogen-bond acceptors (Lipinski definition) is 0. The Balaban J connectivity index is 3.35. The number of rotatable bonds is 0. The molecule has 0 unspecified atom stereocenters. The van der Waals surface area contributed by atoms with Crippen molar-refractivity contribution in [2.24, 2.45) is 0 Å². The van der Waals surface area contributed by atoms with E-state index in [0.29, 0.717) is 5.56 Å². The van der Waals surface area contributed by atoms with Crippen molar-refractivity contribution in [3.05, 3.63) is 34.9 Å². The van der Waals surface area contributed by atoms with E-state index in [1.807, 2.05) is 20.8 Å². The molecule has 1 aromatic carbocycles. The van der Waals surface area contributed by atoms with Crippen LogP contribution in [0.25, 0.3) is 0 Å². The molecular formula is C11H14F2. The summed E-state index contributed by atoms with van der Waals surface area (Å²) in [6.07, 6.45) is 0. The van der Waals surface area contributed by atoms with Gasteiger partial charge in [-0.1, -0.05) is 26.8 Å². The first-order valence-electron chi connectivity index (χ1n) is 4.29. The molecule has 0 aliphatic rings. The van der Waals surface area contributed by atoms with Crippen molar-refractivity contribution in [1.82, 2.24) is 0 Å². The van der Waals surface area contributed by atoms with E-state index in [0.717, 1.165) is 5.56 Å². The third-order valence-electron chi connectivity index (χ3n) is 2.15. The van der Waals surface area contributed by atoms with Crippen LogP contribution >= 0.6 is 0 Å². The van der Waals surface area contributed by atoms with Gasteiger partial charge < -0.3 is 0 Å². The Kier molecular flexibility index (Phi) is 2.42. The zero-order chi connectivity index (χ0) is 10.2. The summed E-state index contributed by atoms with van der Waals surface area (Å²) in [5.41, 5.74) is 1.12. The Bertz CT molecular complexity index is 322. The van der Waals surface area contributed by atoms with E-state index < -0.39 is 11.6 Å². The van der Waals surface area contributed by atoms with Crippen LogP contribution in [0.4, 0.5) is 8.78 Å². The van der Waals surface area contributed by atoms with Crippen molar-refractivity contribution in [2.75, 3.05) is 0 Å². The SMILES string of the molecule is Cc1c(C(C)(C)C)ccc(F)c1F. The van der Waals surface area contributed by atoms with E-state index in [-0.39, 0.29) is 5.41 Å². The lowest BCUT2D eigenvalue weighted by atomic mass is 9.84. The standard InChI is InChI=1S/C11H14F2/c1-7-8(11(2,3)4)5-6-9(12)10(7)13/h5-6H,1-4H3. The van der Waals surface area contributed by atoms with E-state index in [2.05, 4.69) is 0 Å². The summed E-state index contributed by atoms with van der Waals surface area (Å²) < 4.78 is 25.9. The molecule has 2 heteroatoms. The Morgan fingerprint density at radius 2 is 1.62 bits per heavy atom. The second-order valence-electron chi connectivity index (χ2n) is 4.28. The largest absolute Gasteiger partial charge is 0.204 e. The number of halogens is 2. The second kappa shape index (κ2) is 3.09. The predicted molar refractivity (Wildman–Crippen MR) is 49.8 cm³/mol. The van der Waals surface area contributed by atoms with Gasteiger partial charge in [-0.2, -0.15) is 0 Å². The minimum absolute atomic E-state index is 0.140. The Morgan fingerprint density at radius 3 is 2.08 bits per heavy atom. The highest BCUT2D eigenvalue weighted by atomic mass is 19.2. The monoisotopic (exact) mass is 184 g/mol. The molecule has 0 bridgehead atoms. The molecule has 0 aromatic heterocycles. The van der Waals surface area contributed by atoms with Crippen molar-refractivity contribution >= 4 is 0 Å². The summed E-state index contributed by atoms with van der Waals surface area (Å²) in [6, 6.07) is 2.83. The lowest BCUT2D eigenvalue weighted by Gasteiger charge is -2.21. The third kappa shape index (κ3) is 1.87. The van der Waals surface area contributed by atoms with E-state index in [4.69, 9.17) is 0 Å². The highest BCUT2D eigenvalue weighted by Gasteiger charge is 2.19. The zero-order valence-electron chi connectivity index (χ0n) is 8.41. The van der Waals surface area contributed by atoms with Gasteiger partial charge >= 0.3 is 0 Å². The summed E-state index contributed by atoms with van der Waals surface area (Å²) in [6.45, 7) is 7.55. The molecule has 72 valence electrons. The maximum atomic E-state index is 13.1. The first kappa shape index (κ1) is 10.2. The number of benzene rings is 1. The second-order valence-corrected chi connectivity index (χ2v) is 4.28. The summed E-state index contributed by atoms with van der Waals surface area (Å²) in [5.74, 6) is -1.50. The molecule has 0 aliphatic heterocycles. The Labute approximate surface area is 77.6 Å². The van der Waals surface area contributed by atoms with Gasteiger partial charge in [0.15, 0.2) is 11.6 Å². The average molecular weight is 184 g/mol. The molecule has 0 atom stereocenters. The first-order valence-corrected chi connectivity index (χ1v) is 4.29. The molecule has 0 spiro atoms. The maximum absolute atomic E-state index is 13.1. The van der Waals surface area contributed by atoms with Crippen LogP contribution in [0.2, 0.25) is 0 Å². The van der Waals surface area contributed by atoms with E-state index in [9.17, 15) is 8.78 Å². The maximum Gasteiger partial charge on any atom is 0.162 e. The van der Waals surface area contributed by atoms with Crippen molar-refractivity contribution in [2.45, 2.75) is 33.1 Å². The van der Waals surface area contributed by atoms with E-state index in [1.54, 1.807) is 13.0 Å². The molecule has 0 fully saturated rings. The van der Waals surface area contributed by atoms with Crippen LogP contribution in [0.1, 0.15) is 31.9 Å². The lowest BCUT2D eigenvalue weighted by Crippen LogP contribution is -2.14. The van der Waals surface area contributed by atoms with Gasteiger partial charge in [0.25, 0.3) is 0 Å². The normalized spacial score (nSPS) is 11.8. The smallest absolute Gasteiger partial charge is 0.162 e. The summed E-state index contributed by atoms with van der Waals surface area (Å²) in [4.78, 5) is 0. The van der Waals surface area contributed by atoms with E-state index in [1.165, 1.54) is 6.07 Å². The molecule has 0 aliphatic carbocycles. The van der Waals surface area contributed by atoms with Crippen molar-refractivity contribution in [1.29, 1.82) is 0 Å². The van der Waals surface area contributed by atoms with Gasteiger partial charge in [-0.3, -0.25) is 0 Å². The van der Waals surface area contributed by atoms with Gasteiger partial charge in [0.1, 0.15) is 0 Å². The molecule has 1 aromatic rings. The van der Waals surface area contributed by atoms with Crippen LogP contribution in [0, 0.1) is 18.6 Å². The fraction of sp³-hybridized carbons (Fsp3) is 0.455. The highest BCUT2D eigenvalue weighted by Crippen LogP contribution is 2.27. The quantitative estimate of drug-likeness (QED) is 0.578. The van der Waals surface area contributed by atoms with Gasteiger partial charge in [-0.25, -0.2) is 8.78 Å². The summed E-state index contributed by atoms with van der Waals surface area (Å²) >= 11 is 0. The summed E-state index contributed by atoms with van der Waals surface area (Å²) in [5, 5.41) is 0. The average Bonchev–Trinajstić information content (AvgIpc) is 1.98. The topological polar surface area (TPSA) is 0 Å². The van der Waals surface area contributed by atoms with Crippen LogP contribution in [0.5, 0.6) is 0 Å². The molecule has 0 heterocycles. The summed E-state index contributed by atoms with van der Waals surface area (Å²) in [7, 11) is 0. The van der Waals surface area contributed by atoms with Crippen molar-refractivity contribution < 1.29 is 8.78 Å². The minimum Gasteiger partial charge on any atom is -0.204 e. The number of hydrogen-bond donors (Lipinski definition) is 0. The van der Waals surface area contributed by atoms with Gasteiger partial charge in [0.2, 0.25) is 0 Å². The minimum atomic E-state index is -0.773. The predicted octanol–water partition coefficient (Wildman–Crippen LogP) is 3.57. The molecule has 0 amide bonds.